The number of hydrogen-bond donors (Lipinski definition) is 5. The number of benzene rings is 1. The highest BCUT2D eigenvalue weighted by atomic mass is 16.5. The van der Waals surface area contributed by atoms with E-state index in [1.165, 1.54) is 0 Å². The van der Waals surface area contributed by atoms with Crippen LogP contribution in [0.2, 0.25) is 0 Å². The van der Waals surface area contributed by atoms with Crippen molar-refractivity contribution in [2.75, 3.05) is 13.1 Å². The molecule has 4 amide bonds. The zero-order chi connectivity index (χ0) is 27.9. The minimum Gasteiger partial charge on any atom is -0.443 e. The first kappa shape index (κ1) is 28.2. The lowest BCUT2D eigenvalue weighted by atomic mass is 10.0. The third-order valence-electron chi connectivity index (χ3n) is 7.06. The molecule has 3 aromatic rings. The van der Waals surface area contributed by atoms with E-state index in [0.29, 0.717) is 25.9 Å². The lowest BCUT2D eigenvalue weighted by Gasteiger charge is -2.27. The second-order valence-corrected chi connectivity index (χ2v) is 10.6. The molecule has 39 heavy (non-hydrogen) atoms. The molecule has 2 aromatic heterocycles. The zero-order valence-electron chi connectivity index (χ0n) is 22.8. The normalized spacial score (nSPS) is 15.6. The van der Waals surface area contributed by atoms with E-state index in [4.69, 9.17) is 9.62 Å². The highest BCUT2D eigenvalue weighted by molar-refractivity contribution is 5.92. The number of aryl methyl sites for hydroxylation is 1. The molecular weight excluding hydrogens is 500 g/mol. The van der Waals surface area contributed by atoms with Crippen molar-refractivity contribution in [3.05, 3.63) is 53.4 Å². The zero-order valence-corrected chi connectivity index (χ0v) is 22.8. The molecule has 4 rings (SSSR count). The Bertz CT molecular complexity index is 1290. The molecule has 11 heteroatoms. The highest BCUT2D eigenvalue weighted by Gasteiger charge is 2.30. The van der Waals surface area contributed by atoms with E-state index in [2.05, 4.69) is 20.6 Å². The highest BCUT2D eigenvalue weighted by Crippen LogP contribution is 2.26. The van der Waals surface area contributed by atoms with Crippen LogP contribution < -0.4 is 16.1 Å². The molecule has 210 valence electrons. The van der Waals surface area contributed by atoms with Crippen molar-refractivity contribution in [2.45, 2.75) is 71.4 Å². The summed E-state index contributed by atoms with van der Waals surface area (Å²) in [6, 6.07) is 6.07. The van der Waals surface area contributed by atoms with Crippen LogP contribution in [0, 0.1) is 12.8 Å². The van der Waals surface area contributed by atoms with Crippen LogP contribution >= 0.6 is 0 Å². The Morgan fingerprint density at radius 3 is 2.51 bits per heavy atom. The van der Waals surface area contributed by atoms with Gasteiger partial charge in [0.15, 0.2) is 5.69 Å². The van der Waals surface area contributed by atoms with Gasteiger partial charge in [-0.25, -0.2) is 15.3 Å². The summed E-state index contributed by atoms with van der Waals surface area (Å²) in [6.45, 7) is 6.92. The number of nitrogens with one attached hydrogen (secondary N) is 4. The van der Waals surface area contributed by atoms with Crippen molar-refractivity contribution in [3.63, 3.8) is 0 Å². The Balaban J connectivity index is 1.60. The third-order valence-corrected chi connectivity index (χ3v) is 7.06. The molecule has 0 aliphatic carbocycles. The molecule has 0 spiro atoms. The first-order valence-electron chi connectivity index (χ1n) is 13.6. The molecule has 0 radical (unpaired) electrons. The average molecular weight is 539 g/mol. The predicted molar refractivity (Wildman–Crippen MR) is 145 cm³/mol. The lowest BCUT2D eigenvalue weighted by molar-refractivity contribution is -0.124. The second-order valence-electron chi connectivity index (χ2n) is 10.6. The number of hydroxylamine groups is 1. The number of carbonyl (C=O) groups excluding carboxylic acids is 3. The van der Waals surface area contributed by atoms with Crippen LogP contribution in [-0.4, -0.2) is 57.1 Å². The van der Waals surface area contributed by atoms with Crippen LogP contribution in [-0.2, 0) is 11.2 Å². The van der Waals surface area contributed by atoms with Crippen LogP contribution in [0.4, 0.5) is 4.79 Å². The van der Waals surface area contributed by atoms with Gasteiger partial charge in [0.2, 0.25) is 11.8 Å². The molecule has 1 fully saturated rings. The van der Waals surface area contributed by atoms with Gasteiger partial charge in [-0.15, -0.1) is 0 Å². The van der Waals surface area contributed by atoms with Gasteiger partial charge in [-0.3, -0.25) is 14.8 Å². The Morgan fingerprint density at radius 1 is 1.10 bits per heavy atom. The number of urea groups is 1. The Kier molecular flexibility index (Phi) is 9.23. The first-order valence-corrected chi connectivity index (χ1v) is 13.6. The fourth-order valence-electron chi connectivity index (χ4n) is 5.04. The largest absolute Gasteiger partial charge is 0.443 e. The molecular formula is C28H38N6O5. The van der Waals surface area contributed by atoms with Gasteiger partial charge >= 0.3 is 6.03 Å². The van der Waals surface area contributed by atoms with Crippen LogP contribution in [0.5, 0.6) is 0 Å². The maximum atomic E-state index is 13.7. The van der Waals surface area contributed by atoms with Gasteiger partial charge < -0.3 is 24.9 Å². The second kappa shape index (κ2) is 12.8. The van der Waals surface area contributed by atoms with E-state index >= 15 is 0 Å². The summed E-state index contributed by atoms with van der Waals surface area (Å²) in [7, 11) is 0. The molecule has 0 unspecified atom stereocenters. The Morgan fingerprint density at radius 2 is 1.82 bits per heavy atom. The number of likely N-dealkylation sites (tertiary alicyclic amines) is 1. The van der Waals surface area contributed by atoms with Crippen molar-refractivity contribution in [1.82, 2.24) is 31.0 Å². The summed E-state index contributed by atoms with van der Waals surface area (Å²) >= 11 is 0. The van der Waals surface area contributed by atoms with Crippen molar-refractivity contribution in [3.8, 4) is 0 Å². The number of hydrogen-bond acceptors (Lipinski definition) is 6. The monoisotopic (exact) mass is 538 g/mol. The number of rotatable bonds is 9. The van der Waals surface area contributed by atoms with Crippen LogP contribution in [0.3, 0.4) is 0 Å². The fraction of sp³-hybridized carbons (Fsp3) is 0.500. The van der Waals surface area contributed by atoms with E-state index in [1.54, 1.807) is 17.3 Å². The van der Waals surface area contributed by atoms with Gasteiger partial charge in [0.1, 0.15) is 17.8 Å². The molecule has 0 bridgehead atoms. The smallest absolute Gasteiger partial charge is 0.318 e. The molecule has 1 aromatic carbocycles. The number of fused-ring (bicyclic) bond motifs is 1. The summed E-state index contributed by atoms with van der Waals surface area (Å²) in [6.07, 6.45) is 6.75. The number of nitrogens with zero attached hydrogens (tertiary/aromatic N) is 2. The molecule has 1 saturated heterocycles. The topological polar surface area (TPSA) is 153 Å². The summed E-state index contributed by atoms with van der Waals surface area (Å²) in [5, 5.41) is 16.1. The number of amides is 4. The van der Waals surface area contributed by atoms with E-state index in [9.17, 15) is 14.4 Å². The van der Waals surface area contributed by atoms with Gasteiger partial charge in [-0.2, -0.15) is 0 Å². The lowest BCUT2D eigenvalue weighted by Crippen LogP contribution is -2.52. The minimum absolute atomic E-state index is 0.0705. The molecule has 1 aliphatic rings. The minimum atomic E-state index is -0.804. The van der Waals surface area contributed by atoms with Gasteiger partial charge in [-0.1, -0.05) is 44.9 Å². The van der Waals surface area contributed by atoms with E-state index in [1.807, 2.05) is 44.3 Å². The maximum Gasteiger partial charge on any atom is 0.318 e. The summed E-state index contributed by atoms with van der Waals surface area (Å²) < 4.78 is 5.81. The third kappa shape index (κ3) is 6.97. The van der Waals surface area contributed by atoms with Crippen LogP contribution in [0.1, 0.15) is 79.7 Å². The van der Waals surface area contributed by atoms with Crippen molar-refractivity contribution in [2.24, 2.45) is 5.92 Å². The standard InChI is InChI=1S/C28H38N6O5/c1-17(2)14-22(31-28(37)34-12-8-4-5-9-13-34)25(35)30-23(27-32-24(18(3)39-27)26(36)33-38)15-19-16-29-21-11-7-6-10-20(19)21/h6-7,10-11,16-17,22-23,29,38H,4-5,8-9,12-15H2,1-3H3,(H,30,35)(H,31,37)(H,33,36)/t22-,23+/m0/s1. The van der Waals surface area contributed by atoms with E-state index in [0.717, 1.165) is 42.1 Å². The fourth-order valence-corrected chi connectivity index (χ4v) is 5.04. The SMILES string of the molecule is Cc1oc([C@@H](Cc2c[nH]c3ccccc23)NC(=O)[C@H](CC(C)C)NC(=O)N2CCCCCC2)nc1C(=O)NO. The molecule has 3 heterocycles. The predicted octanol–water partition coefficient (Wildman–Crippen LogP) is 3.98. The average Bonchev–Trinajstić information content (AvgIpc) is 3.39. The molecule has 11 nitrogen and oxygen atoms in total. The Labute approximate surface area is 227 Å². The number of aromatic amines is 1. The number of oxazole rings is 1. The summed E-state index contributed by atoms with van der Waals surface area (Å²) in [5.41, 5.74) is 3.38. The summed E-state index contributed by atoms with van der Waals surface area (Å²) in [4.78, 5) is 48.2. The molecule has 0 saturated carbocycles. The molecule has 2 atom stereocenters. The number of carbonyl (C=O) groups is 3. The van der Waals surface area contributed by atoms with Gasteiger partial charge in [0, 0.05) is 36.6 Å². The quantitative estimate of drug-likeness (QED) is 0.205. The number of H-pyrrole nitrogens is 1. The van der Waals surface area contributed by atoms with E-state index < -0.39 is 18.0 Å². The molecule has 5 N–H and O–H groups in total. The summed E-state index contributed by atoms with van der Waals surface area (Å²) in [5.74, 6) is -0.668. The molecule has 1 aliphatic heterocycles. The Hall–Kier alpha value is -3.86. The number of para-hydroxylation sites is 1. The van der Waals surface area contributed by atoms with Crippen LogP contribution in [0.25, 0.3) is 10.9 Å². The van der Waals surface area contributed by atoms with Crippen molar-refractivity contribution >= 4 is 28.7 Å². The van der Waals surface area contributed by atoms with Gasteiger partial charge in [0.05, 0.1) is 0 Å². The van der Waals surface area contributed by atoms with Crippen molar-refractivity contribution < 1.29 is 24.0 Å². The maximum absolute atomic E-state index is 13.7. The van der Waals surface area contributed by atoms with Gasteiger partial charge in [-0.05, 0) is 43.7 Å². The number of aromatic nitrogens is 2. The van der Waals surface area contributed by atoms with Gasteiger partial charge in [0.25, 0.3) is 5.91 Å². The van der Waals surface area contributed by atoms with Crippen molar-refractivity contribution in [1.29, 1.82) is 0 Å². The van der Waals surface area contributed by atoms with Crippen LogP contribution in [0.15, 0.2) is 34.9 Å². The van der Waals surface area contributed by atoms with E-state index in [-0.39, 0.29) is 35.2 Å². The first-order chi connectivity index (χ1) is 18.8.